The monoisotopic (exact) mass is 366 g/mol. The van der Waals surface area contributed by atoms with Gasteiger partial charge in [0.2, 0.25) is 0 Å². The summed E-state index contributed by atoms with van der Waals surface area (Å²) < 4.78 is 0. The Morgan fingerprint density at radius 3 is 2.35 bits per heavy atom. The smallest absolute Gasteiger partial charge is 0.0778 e. The topological polar surface area (TPSA) is 38.4 Å². The van der Waals surface area contributed by atoms with E-state index >= 15 is 0 Å². The molecule has 0 bridgehead atoms. The van der Waals surface area contributed by atoms with Gasteiger partial charge in [0.15, 0.2) is 0 Å². The molecule has 0 amide bonds. The van der Waals surface area contributed by atoms with Crippen molar-refractivity contribution >= 4 is 46.2 Å². The predicted octanol–water partition coefficient (Wildman–Crippen LogP) is 5.69. The number of hydrogen-bond donors (Lipinski definition) is 1. The maximum absolute atomic E-state index is 6.18. The lowest BCUT2D eigenvalue weighted by atomic mass is 9.79. The molecule has 0 saturated carbocycles. The Bertz CT molecular complexity index is 791. The Morgan fingerprint density at radius 1 is 1.09 bits per heavy atom. The van der Waals surface area contributed by atoms with Crippen LogP contribution in [0.3, 0.4) is 0 Å². The number of anilines is 1. The third-order valence-electron chi connectivity index (χ3n) is 4.46. The second kappa shape index (κ2) is 6.01. The van der Waals surface area contributed by atoms with E-state index in [2.05, 4.69) is 13.0 Å². The van der Waals surface area contributed by atoms with Crippen molar-refractivity contribution in [3.05, 3.63) is 62.1 Å². The second-order valence-corrected chi connectivity index (χ2v) is 7.52. The number of nitrogens with two attached hydrogens (primary N) is 1. The summed E-state index contributed by atoms with van der Waals surface area (Å²) in [5, 5.41) is 1.35. The summed E-state index contributed by atoms with van der Waals surface area (Å²) in [6.45, 7) is 4.87. The summed E-state index contributed by atoms with van der Waals surface area (Å²) in [5.41, 5.74) is 10.9. The van der Waals surface area contributed by atoms with Gasteiger partial charge in [0.25, 0.3) is 0 Å². The minimum Gasteiger partial charge on any atom is -0.399 e. The Balaban J connectivity index is 1.91. The highest BCUT2D eigenvalue weighted by atomic mass is 35.5. The van der Waals surface area contributed by atoms with Gasteiger partial charge in [0, 0.05) is 29.8 Å². The first-order valence-corrected chi connectivity index (χ1v) is 8.48. The average molecular weight is 368 g/mol. The zero-order valence-corrected chi connectivity index (χ0v) is 15.2. The molecule has 23 heavy (non-hydrogen) atoms. The molecule has 1 aliphatic heterocycles. The van der Waals surface area contributed by atoms with Gasteiger partial charge in [-0.05, 0) is 47.9 Å². The van der Waals surface area contributed by atoms with Gasteiger partial charge in [0.1, 0.15) is 0 Å². The Hall–Kier alpha value is -1.22. The molecule has 0 fully saturated rings. The first-order valence-electron chi connectivity index (χ1n) is 7.35. The zero-order valence-electron chi connectivity index (χ0n) is 13.0. The van der Waals surface area contributed by atoms with Crippen molar-refractivity contribution in [1.82, 2.24) is 0 Å². The lowest BCUT2D eigenvalue weighted by Gasteiger charge is -2.24. The largest absolute Gasteiger partial charge is 0.399 e. The molecule has 0 aromatic heterocycles. The van der Waals surface area contributed by atoms with Crippen LogP contribution in [0.1, 0.15) is 30.0 Å². The molecule has 120 valence electrons. The standard InChI is InChI=1S/C18H17Cl3N2/c1-10-5-11(3-4-15(10)22)16-8-18(2,9-23-16)12-6-13(19)17(21)14(20)7-12/h3-7H,8-9,22H2,1-2H3. The maximum Gasteiger partial charge on any atom is 0.0778 e. The summed E-state index contributed by atoms with van der Waals surface area (Å²) in [6, 6.07) is 9.82. The minimum atomic E-state index is -0.136. The van der Waals surface area contributed by atoms with Crippen LogP contribution in [0.2, 0.25) is 15.1 Å². The minimum absolute atomic E-state index is 0.136. The normalized spacial score (nSPS) is 20.7. The Labute approximate surface area is 151 Å². The molecule has 1 heterocycles. The van der Waals surface area contributed by atoms with Crippen molar-refractivity contribution in [3.8, 4) is 0 Å². The zero-order chi connectivity index (χ0) is 16.8. The number of benzene rings is 2. The van der Waals surface area contributed by atoms with E-state index in [1.54, 1.807) is 0 Å². The van der Waals surface area contributed by atoms with Crippen LogP contribution in [0.15, 0.2) is 35.3 Å². The van der Waals surface area contributed by atoms with Crippen LogP contribution in [0, 0.1) is 6.92 Å². The lowest BCUT2D eigenvalue weighted by Crippen LogP contribution is -2.23. The van der Waals surface area contributed by atoms with Crippen LogP contribution in [-0.4, -0.2) is 12.3 Å². The number of nitrogens with zero attached hydrogens (tertiary/aromatic N) is 1. The number of nitrogen functional groups attached to an aromatic ring is 1. The third-order valence-corrected chi connectivity index (χ3v) is 5.66. The van der Waals surface area contributed by atoms with E-state index < -0.39 is 0 Å². The van der Waals surface area contributed by atoms with Gasteiger partial charge in [-0.25, -0.2) is 0 Å². The molecule has 1 aliphatic rings. The first kappa shape index (κ1) is 16.6. The van der Waals surface area contributed by atoms with Gasteiger partial charge >= 0.3 is 0 Å². The summed E-state index contributed by atoms with van der Waals surface area (Å²) in [6.07, 6.45) is 0.824. The molecule has 0 radical (unpaired) electrons. The second-order valence-electron chi connectivity index (χ2n) is 6.33. The highest BCUT2D eigenvalue weighted by Gasteiger charge is 2.34. The van der Waals surface area contributed by atoms with E-state index in [0.717, 1.165) is 34.5 Å². The highest BCUT2D eigenvalue weighted by Crippen LogP contribution is 2.40. The lowest BCUT2D eigenvalue weighted by molar-refractivity contribution is 0.536. The molecule has 2 aromatic rings. The van der Waals surface area contributed by atoms with Crippen molar-refractivity contribution in [2.75, 3.05) is 12.3 Å². The van der Waals surface area contributed by atoms with Crippen molar-refractivity contribution in [1.29, 1.82) is 0 Å². The van der Waals surface area contributed by atoms with Gasteiger partial charge < -0.3 is 5.73 Å². The molecule has 0 spiro atoms. The van der Waals surface area contributed by atoms with Crippen molar-refractivity contribution in [2.45, 2.75) is 25.7 Å². The fourth-order valence-electron chi connectivity index (χ4n) is 2.90. The van der Waals surface area contributed by atoms with Gasteiger partial charge in [-0.3, -0.25) is 4.99 Å². The molecular weight excluding hydrogens is 351 g/mol. The van der Waals surface area contributed by atoms with Crippen LogP contribution >= 0.6 is 34.8 Å². The van der Waals surface area contributed by atoms with E-state index in [1.807, 2.05) is 31.2 Å². The van der Waals surface area contributed by atoms with Gasteiger partial charge in [0.05, 0.1) is 15.1 Å². The van der Waals surface area contributed by atoms with Crippen LogP contribution in [0.5, 0.6) is 0 Å². The third kappa shape index (κ3) is 3.08. The SMILES string of the molecule is Cc1cc(C2=NCC(C)(c3cc(Cl)c(Cl)c(Cl)c3)C2)ccc1N. The number of halogens is 3. The van der Waals surface area contributed by atoms with Gasteiger partial charge in [-0.15, -0.1) is 0 Å². The quantitative estimate of drug-likeness (QED) is 0.537. The maximum atomic E-state index is 6.18. The molecule has 3 rings (SSSR count). The summed E-state index contributed by atoms with van der Waals surface area (Å²) in [4.78, 5) is 4.74. The van der Waals surface area contributed by atoms with Crippen molar-refractivity contribution in [2.24, 2.45) is 4.99 Å². The summed E-state index contributed by atoms with van der Waals surface area (Å²) in [7, 11) is 0. The van der Waals surface area contributed by atoms with Crippen molar-refractivity contribution in [3.63, 3.8) is 0 Å². The van der Waals surface area contributed by atoms with Crippen molar-refractivity contribution < 1.29 is 0 Å². The number of rotatable bonds is 2. The predicted molar refractivity (Wildman–Crippen MR) is 100 cm³/mol. The van der Waals surface area contributed by atoms with Gasteiger partial charge in [-0.2, -0.15) is 0 Å². The molecule has 2 nitrogen and oxygen atoms in total. The fourth-order valence-corrected chi connectivity index (χ4v) is 3.49. The Morgan fingerprint density at radius 2 is 1.74 bits per heavy atom. The number of aryl methyl sites for hydroxylation is 1. The molecule has 2 aromatic carbocycles. The molecule has 0 saturated heterocycles. The fraction of sp³-hybridized carbons (Fsp3) is 0.278. The molecule has 2 N–H and O–H groups in total. The van der Waals surface area contributed by atoms with Crippen LogP contribution < -0.4 is 5.73 Å². The van der Waals surface area contributed by atoms with Crippen LogP contribution in [0.25, 0.3) is 0 Å². The first-order chi connectivity index (χ1) is 10.8. The van der Waals surface area contributed by atoms with E-state index in [9.17, 15) is 0 Å². The van der Waals surface area contributed by atoms with Crippen LogP contribution in [0.4, 0.5) is 5.69 Å². The summed E-state index contributed by atoms with van der Waals surface area (Å²) in [5.74, 6) is 0. The van der Waals surface area contributed by atoms with Crippen LogP contribution in [-0.2, 0) is 5.41 Å². The highest BCUT2D eigenvalue weighted by molar-refractivity contribution is 6.48. The molecule has 1 atom stereocenters. The number of hydrogen-bond acceptors (Lipinski definition) is 2. The molecule has 1 unspecified atom stereocenters. The van der Waals surface area contributed by atoms with E-state index in [4.69, 9.17) is 45.5 Å². The van der Waals surface area contributed by atoms with E-state index in [0.29, 0.717) is 21.6 Å². The molecule has 0 aliphatic carbocycles. The average Bonchev–Trinajstić information content (AvgIpc) is 2.91. The molecular formula is C18H17Cl3N2. The summed E-state index contributed by atoms with van der Waals surface area (Å²) >= 11 is 18.4. The Kier molecular flexibility index (Phi) is 4.35. The van der Waals surface area contributed by atoms with Gasteiger partial charge in [-0.1, -0.05) is 47.8 Å². The molecule has 5 heteroatoms. The van der Waals surface area contributed by atoms with E-state index in [1.165, 1.54) is 0 Å². The van der Waals surface area contributed by atoms with E-state index in [-0.39, 0.29) is 5.41 Å². The number of aliphatic imine (C=N–C) groups is 1.